The highest BCUT2D eigenvalue weighted by Crippen LogP contribution is 2.33. The number of aliphatic hydroxyl groups excluding tert-OH is 1. The van der Waals surface area contributed by atoms with Gasteiger partial charge in [-0.1, -0.05) is 18.7 Å². The number of nitrogens with one attached hydrogen (secondary N) is 2. The Morgan fingerprint density at radius 3 is 2.59 bits per heavy atom. The van der Waals surface area contributed by atoms with E-state index in [9.17, 15) is 20.0 Å². The fourth-order valence-corrected chi connectivity index (χ4v) is 3.84. The zero-order chi connectivity index (χ0) is 28.4. The topological polar surface area (TPSA) is 158 Å². The van der Waals surface area contributed by atoms with Crippen molar-refractivity contribution < 1.29 is 24.2 Å². The fourth-order valence-electron chi connectivity index (χ4n) is 3.16. The van der Waals surface area contributed by atoms with Gasteiger partial charge >= 0.3 is 5.97 Å². The molecule has 0 aliphatic rings. The van der Waals surface area contributed by atoms with Crippen molar-refractivity contribution in [3.8, 4) is 6.07 Å². The molecule has 0 spiro atoms. The predicted octanol–water partition coefficient (Wildman–Crippen LogP) is 5.38. The number of rotatable bonds is 12. The first kappa shape index (κ1) is 29.1. The molecule has 3 rings (SSSR count). The zero-order valence-corrected chi connectivity index (χ0v) is 22.5. The van der Waals surface area contributed by atoms with Crippen LogP contribution >= 0.6 is 11.5 Å². The number of ether oxygens (including phenoxy) is 2. The van der Waals surface area contributed by atoms with E-state index in [0.29, 0.717) is 45.3 Å². The van der Waals surface area contributed by atoms with Crippen LogP contribution in [0.25, 0.3) is 0 Å². The molecular formula is C27H28N6O5S. The fraction of sp³-hybridized carbons (Fsp3) is 0.259. The quantitative estimate of drug-likeness (QED) is 0.0895. The second kappa shape index (κ2) is 13.9. The Morgan fingerprint density at radius 2 is 1.92 bits per heavy atom. The summed E-state index contributed by atoms with van der Waals surface area (Å²) >= 11 is 1.08. The van der Waals surface area contributed by atoms with Crippen molar-refractivity contribution in [2.45, 2.75) is 33.6 Å². The maximum absolute atomic E-state index is 12.2. The van der Waals surface area contributed by atoms with Crippen molar-refractivity contribution in [3.05, 3.63) is 77.0 Å². The average molecular weight is 549 g/mol. The molecule has 1 unspecified atom stereocenters. The first-order valence-corrected chi connectivity index (χ1v) is 12.6. The maximum atomic E-state index is 12.2. The van der Waals surface area contributed by atoms with Crippen LogP contribution in [0.3, 0.4) is 0 Å². The molecule has 0 saturated carbocycles. The first-order valence-electron chi connectivity index (χ1n) is 11.8. The molecule has 0 fully saturated rings. The number of hydrogen-bond donors (Lipinski definition) is 3. The lowest BCUT2D eigenvalue weighted by Crippen LogP contribution is -2.18. The minimum absolute atomic E-state index is 0.00200. The number of aryl methyl sites for hydroxylation is 1. The second-order valence-electron chi connectivity index (χ2n) is 8.43. The van der Waals surface area contributed by atoms with E-state index in [1.54, 1.807) is 56.3 Å². The van der Waals surface area contributed by atoms with Gasteiger partial charge in [0.15, 0.2) is 11.3 Å². The molecule has 0 radical (unpaired) electrons. The van der Waals surface area contributed by atoms with Gasteiger partial charge in [0, 0.05) is 19.2 Å². The number of carbonyl (C=O) groups is 2. The zero-order valence-electron chi connectivity index (χ0n) is 21.7. The largest absolute Gasteiger partial charge is 0.460 e. The lowest BCUT2D eigenvalue weighted by atomic mass is 10.1. The summed E-state index contributed by atoms with van der Waals surface area (Å²) in [5.74, 6) is -0.765. The minimum Gasteiger partial charge on any atom is -0.460 e. The van der Waals surface area contributed by atoms with Crippen LogP contribution in [-0.4, -0.2) is 40.9 Å². The summed E-state index contributed by atoms with van der Waals surface area (Å²) in [5.41, 5.74) is 4.33. The predicted molar refractivity (Wildman–Crippen MR) is 147 cm³/mol. The number of nitriles is 1. The Bertz CT molecular complexity index is 1410. The molecule has 0 saturated heterocycles. The highest BCUT2D eigenvalue weighted by molar-refractivity contribution is 7.10. The highest BCUT2D eigenvalue weighted by atomic mass is 32.1. The third-order valence-electron chi connectivity index (χ3n) is 5.21. The molecule has 3 aromatic rings. The summed E-state index contributed by atoms with van der Waals surface area (Å²) in [7, 11) is 0. The summed E-state index contributed by atoms with van der Waals surface area (Å²) in [6, 6.07) is 14.2. The van der Waals surface area contributed by atoms with E-state index < -0.39 is 12.3 Å². The molecule has 1 heterocycles. The molecule has 2 aromatic carbocycles. The molecule has 202 valence electrons. The van der Waals surface area contributed by atoms with Crippen LogP contribution in [0.1, 0.15) is 41.0 Å². The maximum Gasteiger partial charge on any atom is 0.338 e. The van der Waals surface area contributed by atoms with E-state index in [1.165, 1.54) is 6.92 Å². The Hall–Kier alpha value is -4.44. The number of aromatic nitrogens is 1. The van der Waals surface area contributed by atoms with E-state index in [1.807, 2.05) is 0 Å². The number of esters is 1. The van der Waals surface area contributed by atoms with Crippen molar-refractivity contribution in [1.82, 2.24) is 4.37 Å². The van der Waals surface area contributed by atoms with Gasteiger partial charge < -0.3 is 25.2 Å². The second-order valence-corrected chi connectivity index (χ2v) is 9.18. The summed E-state index contributed by atoms with van der Waals surface area (Å²) < 4.78 is 14.4. The van der Waals surface area contributed by atoms with E-state index in [0.717, 1.165) is 22.8 Å². The number of benzene rings is 2. The molecule has 0 bridgehead atoms. The third-order valence-corrected chi connectivity index (χ3v) is 6.04. The summed E-state index contributed by atoms with van der Waals surface area (Å²) in [6.45, 7) is 8.84. The van der Waals surface area contributed by atoms with E-state index in [2.05, 4.69) is 37.9 Å². The number of anilines is 2. The molecule has 0 aliphatic heterocycles. The summed E-state index contributed by atoms with van der Waals surface area (Å²) in [6.07, 6.45) is -1.09. The van der Waals surface area contributed by atoms with Gasteiger partial charge in [0.1, 0.15) is 23.9 Å². The molecule has 0 aliphatic carbocycles. The standard InChI is InChI=1S/C27H28N6O5S/c1-16(2)26(35)37-11-12-38-27(36)20-7-5-19(6-8-20)15-29-21-9-10-23(24(13-21)30-18(4)34)31-32-25-22(14-28)17(3)33-39-25/h5-10,13,26,29,35H,1,11-12,15H2,2-4H3,(H,30,34). The Balaban J connectivity index is 1.60. The normalized spacial score (nSPS) is 11.6. The van der Waals surface area contributed by atoms with Gasteiger partial charge in [-0.3, -0.25) is 4.79 Å². The van der Waals surface area contributed by atoms with Gasteiger partial charge in [-0.05, 0) is 66.8 Å². The smallest absolute Gasteiger partial charge is 0.338 e. The van der Waals surface area contributed by atoms with Gasteiger partial charge in [0.25, 0.3) is 0 Å². The van der Waals surface area contributed by atoms with Crippen LogP contribution in [-0.2, 0) is 20.8 Å². The number of nitrogens with zero attached hydrogens (tertiary/aromatic N) is 4. The Morgan fingerprint density at radius 1 is 1.18 bits per heavy atom. The number of amides is 1. The van der Waals surface area contributed by atoms with Gasteiger partial charge in [-0.25, -0.2) is 4.79 Å². The van der Waals surface area contributed by atoms with Crippen molar-refractivity contribution in [1.29, 1.82) is 5.26 Å². The average Bonchev–Trinajstić information content (AvgIpc) is 3.28. The van der Waals surface area contributed by atoms with Crippen molar-refractivity contribution in [2.75, 3.05) is 23.8 Å². The molecule has 1 aromatic heterocycles. The minimum atomic E-state index is -1.09. The Labute approximate surface area is 230 Å². The van der Waals surface area contributed by atoms with Crippen LogP contribution in [0, 0.1) is 18.3 Å². The van der Waals surface area contributed by atoms with Gasteiger partial charge in [-0.2, -0.15) is 9.64 Å². The lowest BCUT2D eigenvalue weighted by molar-refractivity contribution is -0.114. The highest BCUT2D eigenvalue weighted by Gasteiger charge is 2.12. The van der Waals surface area contributed by atoms with Crippen LogP contribution in [0.15, 0.2) is 64.8 Å². The van der Waals surface area contributed by atoms with Crippen molar-refractivity contribution in [2.24, 2.45) is 10.2 Å². The Kier molecular flexibility index (Phi) is 10.4. The number of carbonyl (C=O) groups excluding carboxylic acids is 2. The number of aliphatic hydroxyl groups is 1. The van der Waals surface area contributed by atoms with Crippen molar-refractivity contribution >= 4 is 45.5 Å². The molecule has 1 atom stereocenters. The van der Waals surface area contributed by atoms with E-state index >= 15 is 0 Å². The monoisotopic (exact) mass is 548 g/mol. The SMILES string of the molecule is C=C(C)C(O)OCCOC(=O)c1ccc(CNc2ccc(N=Nc3snc(C)c3C#N)c(NC(C)=O)c2)cc1. The van der Waals surface area contributed by atoms with E-state index in [4.69, 9.17) is 9.47 Å². The molecule has 39 heavy (non-hydrogen) atoms. The molecule has 1 amide bonds. The third kappa shape index (κ3) is 8.54. The van der Waals surface area contributed by atoms with Gasteiger partial charge in [0.05, 0.1) is 23.6 Å². The number of azo groups is 1. The molecular weight excluding hydrogens is 520 g/mol. The van der Waals surface area contributed by atoms with Crippen LogP contribution in [0.2, 0.25) is 0 Å². The summed E-state index contributed by atoms with van der Waals surface area (Å²) in [4.78, 5) is 24.0. The van der Waals surface area contributed by atoms with Gasteiger partial charge in [0.2, 0.25) is 5.91 Å². The molecule has 11 nitrogen and oxygen atoms in total. The van der Waals surface area contributed by atoms with Crippen molar-refractivity contribution in [3.63, 3.8) is 0 Å². The van der Waals surface area contributed by atoms with Crippen LogP contribution < -0.4 is 10.6 Å². The summed E-state index contributed by atoms with van der Waals surface area (Å²) in [5, 5.41) is 33.6. The van der Waals surface area contributed by atoms with Gasteiger partial charge in [-0.15, -0.1) is 10.2 Å². The van der Waals surface area contributed by atoms with Crippen LogP contribution in [0.5, 0.6) is 0 Å². The lowest BCUT2D eigenvalue weighted by Gasteiger charge is -2.12. The number of hydrogen-bond acceptors (Lipinski definition) is 11. The molecule has 3 N–H and O–H groups in total. The first-order chi connectivity index (χ1) is 18.7. The van der Waals surface area contributed by atoms with Crippen LogP contribution in [0.4, 0.5) is 22.1 Å². The molecule has 12 heteroatoms. The van der Waals surface area contributed by atoms with E-state index in [-0.39, 0.29) is 19.1 Å².